The molecule has 0 amide bonds. The third kappa shape index (κ3) is 3.46. The number of rotatable bonds is 3. The van der Waals surface area contributed by atoms with Crippen LogP contribution in [0.2, 0.25) is 4.34 Å². The van der Waals surface area contributed by atoms with Gasteiger partial charge in [0.1, 0.15) is 0 Å². The fraction of sp³-hybridized carbons (Fsp3) is 0.375. The molecule has 1 aromatic heterocycles. The van der Waals surface area contributed by atoms with Gasteiger partial charge in [0, 0.05) is 4.88 Å². The topological polar surface area (TPSA) is 53.3 Å². The minimum Gasteiger partial charge on any atom is -0.479 e. The predicted molar refractivity (Wildman–Crippen MR) is 60.9 cm³/mol. The zero-order valence-electron chi connectivity index (χ0n) is 7.49. The van der Waals surface area contributed by atoms with Crippen molar-refractivity contribution in [2.24, 2.45) is 0 Å². The Kier molecular flexibility index (Phi) is 6.11. The van der Waals surface area contributed by atoms with Crippen molar-refractivity contribution < 1.29 is 9.84 Å². The summed E-state index contributed by atoms with van der Waals surface area (Å²) < 4.78 is 5.46. The molecule has 1 unspecified atom stereocenters. The molecule has 0 spiro atoms. The Hall–Kier alpha value is -0.290. The third-order valence-electron chi connectivity index (χ3n) is 1.41. The van der Waals surface area contributed by atoms with Gasteiger partial charge in [-0.25, -0.2) is 0 Å². The van der Waals surface area contributed by atoms with Crippen LogP contribution in [-0.2, 0) is 4.74 Å². The number of nitrogens with one attached hydrogen (secondary N) is 1. The molecule has 0 aromatic carbocycles. The molecule has 3 nitrogen and oxygen atoms in total. The van der Waals surface area contributed by atoms with Crippen LogP contribution in [-0.4, -0.2) is 17.6 Å². The Bertz CT molecular complexity index is 303. The van der Waals surface area contributed by atoms with Crippen molar-refractivity contribution in [2.75, 3.05) is 6.61 Å². The molecule has 0 bridgehead atoms. The molecule has 1 atom stereocenters. The molecule has 2 N–H and O–H groups in total. The van der Waals surface area contributed by atoms with Crippen LogP contribution in [0, 0.1) is 5.41 Å². The summed E-state index contributed by atoms with van der Waals surface area (Å²) in [6.45, 7) is 2.15. The van der Waals surface area contributed by atoms with Crippen molar-refractivity contribution >= 4 is 41.2 Å². The molecule has 80 valence electrons. The quantitative estimate of drug-likeness (QED) is 0.645. The molecule has 1 rings (SSSR count). The van der Waals surface area contributed by atoms with Crippen molar-refractivity contribution in [2.45, 2.75) is 13.0 Å². The van der Waals surface area contributed by atoms with Crippen molar-refractivity contribution in [3.05, 3.63) is 21.3 Å². The molecule has 0 saturated heterocycles. The molecule has 0 radical (unpaired) electrons. The van der Waals surface area contributed by atoms with Crippen molar-refractivity contribution in [1.82, 2.24) is 0 Å². The smallest absolute Gasteiger partial charge is 0.215 e. The van der Waals surface area contributed by atoms with Crippen molar-refractivity contribution in [1.29, 1.82) is 5.41 Å². The summed E-state index contributed by atoms with van der Waals surface area (Å²) in [4.78, 5) is 0.628. The van der Waals surface area contributed by atoms with Gasteiger partial charge < -0.3 is 9.84 Å². The van der Waals surface area contributed by atoms with E-state index >= 15 is 0 Å². The molecule has 0 aliphatic carbocycles. The number of ether oxygens (including phenoxy) is 1. The van der Waals surface area contributed by atoms with E-state index in [0.717, 1.165) is 0 Å². The molecule has 0 saturated carbocycles. The number of hydrogen-bond acceptors (Lipinski definition) is 4. The van der Waals surface area contributed by atoms with Gasteiger partial charge in [-0.1, -0.05) is 11.6 Å². The van der Waals surface area contributed by atoms with Gasteiger partial charge in [-0.05, 0) is 19.1 Å². The molecule has 0 aliphatic heterocycles. The highest BCUT2D eigenvalue weighted by atomic mass is 35.5. The lowest BCUT2D eigenvalue weighted by Gasteiger charge is -2.09. The van der Waals surface area contributed by atoms with Crippen LogP contribution < -0.4 is 0 Å². The average Bonchev–Trinajstić information content (AvgIpc) is 2.51. The highest BCUT2D eigenvalue weighted by Crippen LogP contribution is 2.27. The minimum atomic E-state index is -0.988. The number of aliphatic hydroxyl groups is 1. The van der Waals surface area contributed by atoms with Gasteiger partial charge in [-0.15, -0.1) is 23.7 Å². The minimum absolute atomic E-state index is 0. The highest BCUT2D eigenvalue weighted by Gasteiger charge is 2.16. The van der Waals surface area contributed by atoms with Gasteiger partial charge in [0.2, 0.25) is 5.90 Å². The lowest BCUT2D eigenvalue weighted by molar-refractivity contribution is 0.193. The summed E-state index contributed by atoms with van der Waals surface area (Å²) in [7, 11) is 0. The maximum absolute atomic E-state index is 9.54. The molecular formula is C8H11Cl2NO2S. The number of hydrogen-bond donors (Lipinski definition) is 2. The monoisotopic (exact) mass is 255 g/mol. The van der Waals surface area contributed by atoms with Gasteiger partial charge in [0.05, 0.1) is 10.9 Å². The van der Waals surface area contributed by atoms with E-state index in [0.29, 0.717) is 15.8 Å². The van der Waals surface area contributed by atoms with Crippen LogP contribution >= 0.6 is 35.3 Å². The van der Waals surface area contributed by atoms with Crippen LogP contribution in [0.1, 0.15) is 17.9 Å². The third-order valence-corrected chi connectivity index (χ3v) is 2.70. The van der Waals surface area contributed by atoms with Crippen LogP contribution in [0.15, 0.2) is 12.1 Å². The van der Waals surface area contributed by atoms with E-state index in [9.17, 15) is 5.11 Å². The van der Waals surface area contributed by atoms with Crippen molar-refractivity contribution in [3.63, 3.8) is 0 Å². The fourth-order valence-electron chi connectivity index (χ4n) is 0.839. The first-order chi connectivity index (χ1) is 6.15. The molecule has 1 heterocycles. The summed E-state index contributed by atoms with van der Waals surface area (Å²) in [6.07, 6.45) is -0.988. The van der Waals surface area contributed by atoms with Gasteiger partial charge in [-0.2, -0.15) is 0 Å². The summed E-state index contributed by atoms with van der Waals surface area (Å²) >= 11 is 6.93. The Labute approximate surface area is 97.6 Å². The van der Waals surface area contributed by atoms with E-state index in [4.69, 9.17) is 21.7 Å². The van der Waals surface area contributed by atoms with Gasteiger partial charge in [0.25, 0.3) is 0 Å². The molecule has 6 heteroatoms. The second kappa shape index (κ2) is 6.24. The number of halogens is 2. The molecular weight excluding hydrogens is 245 g/mol. The van der Waals surface area contributed by atoms with E-state index < -0.39 is 6.10 Å². The Balaban J connectivity index is 0.00000169. The molecule has 14 heavy (non-hydrogen) atoms. The summed E-state index contributed by atoms with van der Waals surface area (Å²) in [6, 6.07) is 3.37. The molecule has 0 fully saturated rings. The second-order valence-electron chi connectivity index (χ2n) is 2.34. The van der Waals surface area contributed by atoms with E-state index in [-0.39, 0.29) is 18.3 Å². The van der Waals surface area contributed by atoms with Gasteiger partial charge >= 0.3 is 0 Å². The van der Waals surface area contributed by atoms with E-state index in [1.807, 2.05) is 0 Å². The second-order valence-corrected chi connectivity index (χ2v) is 4.09. The Morgan fingerprint density at radius 2 is 2.36 bits per heavy atom. The summed E-state index contributed by atoms with van der Waals surface area (Å²) in [5, 5.41) is 16.9. The zero-order valence-corrected chi connectivity index (χ0v) is 9.88. The van der Waals surface area contributed by atoms with E-state index in [1.54, 1.807) is 19.1 Å². The van der Waals surface area contributed by atoms with Crippen LogP contribution in [0.3, 0.4) is 0 Å². The van der Waals surface area contributed by atoms with Gasteiger partial charge in [-0.3, -0.25) is 5.41 Å². The summed E-state index contributed by atoms with van der Waals surface area (Å²) in [5.74, 6) is -0.138. The normalized spacial score (nSPS) is 11.6. The number of thiophene rings is 1. The van der Waals surface area contributed by atoms with E-state index in [2.05, 4.69) is 0 Å². The zero-order chi connectivity index (χ0) is 9.84. The first kappa shape index (κ1) is 13.7. The predicted octanol–water partition coefficient (Wildman–Crippen LogP) is 2.87. The molecule has 1 aromatic rings. The largest absolute Gasteiger partial charge is 0.479 e. The lowest BCUT2D eigenvalue weighted by Crippen LogP contribution is -2.13. The van der Waals surface area contributed by atoms with E-state index in [1.165, 1.54) is 11.3 Å². The summed E-state index contributed by atoms with van der Waals surface area (Å²) in [5.41, 5.74) is 0. The fourth-order valence-corrected chi connectivity index (χ4v) is 1.89. The first-order valence-electron chi connectivity index (χ1n) is 3.79. The molecule has 0 aliphatic rings. The average molecular weight is 256 g/mol. The van der Waals surface area contributed by atoms with Gasteiger partial charge in [0.15, 0.2) is 6.10 Å². The lowest BCUT2D eigenvalue weighted by atomic mass is 10.3. The number of aliphatic hydroxyl groups excluding tert-OH is 1. The maximum Gasteiger partial charge on any atom is 0.215 e. The van der Waals surface area contributed by atoms with Crippen molar-refractivity contribution in [3.8, 4) is 0 Å². The maximum atomic E-state index is 9.54. The Morgan fingerprint density at radius 1 is 1.71 bits per heavy atom. The first-order valence-corrected chi connectivity index (χ1v) is 4.99. The SMILES string of the molecule is CCOC(=N)C(O)c1ccc(Cl)s1.Cl. The van der Waals surface area contributed by atoms with Crippen LogP contribution in [0.5, 0.6) is 0 Å². The van der Waals surface area contributed by atoms with Crippen LogP contribution in [0.4, 0.5) is 0 Å². The highest BCUT2D eigenvalue weighted by molar-refractivity contribution is 7.16. The Morgan fingerprint density at radius 3 is 2.79 bits per heavy atom. The standard InChI is InChI=1S/C8H10ClNO2S.ClH/c1-2-12-8(10)7(11)5-3-4-6(9)13-5;/h3-4,7,10-11H,2H2,1H3;1H. The van der Waals surface area contributed by atoms with Crippen LogP contribution in [0.25, 0.3) is 0 Å².